The van der Waals surface area contributed by atoms with Crippen molar-refractivity contribution in [3.63, 3.8) is 0 Å². The first-order valence-corrected chi connectivity index (χ1v) is 5.47. The topological polar surface area (TPSA) is 57.6 Å². The molecule has 0 spiro atoms. The van der Waals surface area contributed by atoms with E-state index in [0.717, 1.165) is 12.8 Å². The zero-order valence-corrected chi connectivity index (χ0v) is 9.19. The number of aliphatic carboxylic acids is 1. The first-order chi connectivity index (χ1) is 6.93. The largest absolute Gasteiger partial charge is 0.480 e. The summed E-state index contributed by atoms with van der Waals surface area (Å²) >= 11 is 0. The monoisotopic (exact) mass is 211 g/mol. The molecule has 0 radical (unpaired) electrons. The van der Waals surface area contributed by atoms with Gasteiger partial charge >= 0.3 is 5.97 Å². The lowest BCUT2D eigenvalue weighted by Crippen LogP contribution is -2.48. The number of fused-ring (bicyclic) bond motifs is 1. The van der Waals surface area contributed by atoms with Crippen LogP contribution in [-0.4, -0.2) is 34.0 Å². The number of rotatable bonds is 1. The second kappa shape index (κ2) is 3.22. The van der Waals surface area contributed by atoms with E-state index in [9.17, 15) is 9.59 Å². The van der Waals surface area contributed by atoms with Crippen molar-refractivity contribution in [2.45, 2.75) is 51.6 Å². The Morgan fingerprint density at radius 3 is 2.80 bits per heavy atom. The van der Waals surface area contributed by atoms with E-state index in [2.05, 4.69) is 13.8 Å². The van der Waals surface area contributed by atoms with Crippen molar-refractivity contribution in [3.8, 4) is 0 Å². The molecule has 4 heteroatoms. The molecule has 2 rings (SSSR count). The third-order valence-electron chi connectivity index (χ3n) is 3.73. The minimum atomic E-state index is -0.860. The van der Waals surface area contributed by atoms with Crippen molar-refractivity contribution in [2.75, 3.05) is 0 Å². The van der Waals surface area contributed by atoms with Gasteiger partial charge in [-0.15, -0.1) is 0 Å². The Bertz CT molecular complexity index is 311. The van der Waals surface area contributed by atoms with Gasteiger partial charge in [0.15, 0.2) is 0 Å². The summed E-state index contributed by atoms with van der Waals surface area (Å²) in [7, 11) is 0. The number of carbonyl (C=O) groups excluding carboxylic acids is 1. The van der Waals surface area contributed by atoms with Crippen LogP contribution in [0.3, 0.4) is 0 Å². The van der Waals surface area contributed by atoms with Crippen molar-refractivity contribution in [2.24, 2.45) is 5.41 Å². The van der Waals surface area contributed by atoms with Crippen LogP contribution in [0.2, 0.25) is 0 Å². The van der Waals surface area contributed by atoms with Gasteiger partial charge in [-0.05, 0) is 24.7 Å². The van der Waals surface area contributed by atoms with Crippen molar-refractivity contribution in [1.82, 2.24) is 4.90 Å². The lowest BCUT2D eigenvalue weighted by molar-refractivity contribution is -0.151. The van der Waals surface area contributed by atoms with Gasteiger partial charge in [0.25, 0.3) is 0 Å². The molecule has 2 aliphatic heterocycles. The van der Waals surface area contributed by atoms with Gasteiger partial charge in [-0.1, -0.05) is 13.8 Å². The van der Waals surface area contributed by atoms with Gasteiger partial charge in [0, 0.05) is 12.5 Å². The smallest absolute Gasteiger partial charge is 0.326 e. The predicted molar refractivity (Wildman–Crippen MR) is 54.3 cm³/mol. The molecule has 0 bridgehead atoms. The van der Waals surface area contributed by atoms with Crippen LogP contribution in [0.4, 0.5) is 0 Å². The first-order valence-electron chi connectivity index (χ1n) is 5.47. The van der Waals surface area contributed by atoms with E-state index >= 15 is 0 Å². The molecule has 84 valence electrons. The molecular weight excluding hydrogens is 194 g/mol. The molecule has 0 aromatic rings. The van der Waals surface area contributed by atoms with Crippen molar-refractivity contribution in [3.05, 3.63) is 0 Å². The van der Waals surface area contributed by atoms with Crippen LogP contribution in [0.25, 0.3) is 0 Å². The number of hydrogen-bond acceptors (Lipinski definition) is 2. The van der Waals surface area contributed by atoms with Gasteiger partial charge in [-0.25, -0.2) is 4.79 Å². The summed E-state index contributed by atoms with van der Waals surface area (Å²) in [5.74, 6) is -0.843. The van der Waals surface area contributed by atoms with Gasteiger partial charge in [0.1, 0.15) is 6.04 Å². The normalized spacial score (nSPS) is 34.0. The standard InChI is InChI=1S/C11H17NO3/c1-11(2)6-7(10(14)15)12-8(11)4-3-5-9(12)13/h7-8H,3-6H2,1-2H3,(H,14,15). The molecule has 2 fully saturated rings. The third-order valence-corrected chi connectivity index (χ3v) is 3.73. The molecule has 2 heterocycles. The molecule has 2 aliphatic rings. The van der Waals surface area contributed by atoms with E-state index in [4.69, 9.17) is 5.11 Å². The average molecular weight is 211 g/mol. The molecule has 0 saturated carbocycles. The van der Waals surface area contributed by atoms with Crippen LogP contribution in [0.5, 0.6) is 0 Å². The maximum absolute atomic E-state index is 11.7. The zero-order valence-electron chi connectivity index (χ0n) is 9.19. The summed E-state index contributed by atoms with van der Waals surface area (Å²) in [5.41, 5.74) is -0.0564. The van der Waals surface area contributed by atoms with E-state index in [0.29, 0.717) is 12.8 Å². The minimum absolute atomic E-state index is 0.0178. The van der Waals surface area contributed by atoms with Gasteiger partial charge in [0.05, 0.1) is 0 Å². The average Bonchev–Trinajstić information content (AvgIpc) is 2.40. The number of nitrogens with zero attached hydrogens (tertiary/aromatic N) is 1. The Kier molecular flexibility index (Phi) is 2.24. The van der Waals surface area contributed by atoms with Crippen molar-refractivity contribution >= 4 is 11.9 Å². The van der Waals surface area contributed by atoms with Crippen LogP contribution in [0.15, 0.2) is 0 Å². The molecule has 2 saturated heterocycles. The summed E-state index contributed by atoms with van der Waals surface area (Å²) in [4.78, 5) is 24.5. The number of carboxylic acids is 1. The molecular formula is C11H17NO3. The van der Waals surface area contributed by atoms with Crippen LogP contribution < -0.4 is 0 Å². The molecule has 0 aromatic carbocycles. The maximum atomic E-state index is 11.7. The SMILES string of the molecule is CC1(C)CC(C(=O)O)N2C(=O)CCCC21. The molecule has 2 atom stereocenters. The summed E-state index contributed by atoms with van der Waals surface area (Å²) < 4.78 is 0. The Labute approximate surface area is 89.3 Å². The zero-order chi connectivity index (χ0) is 11.2. The Balaban J connectivity index is 2.32. The lowest BCUT2D eigenvalue weighted by Gasteiger charge is -2.37. The Hall–Kier alpha value is -1.06. The van der Waals surface area contributed by atoms with Crippen LogP contribution in [0, 0.1) is 5.41 Å². The van der Waals surface area contributed by atoms with E-state index < -0.39 is 12.0 Å². The van der Waals surface area contributed by atoms with Gasteiger partial charge < -0.3 is 10.0 Å². The molecule has 0 aliphatic carbocycles. The predicted octanol–water partition coefficient (Wildman–Crippen LogP) is 1.25. The van der Waals surface area contributed by atoms with E-state index in [1.54, 1.807) is 4.90 Å². The van der Waals surface area contributed by atoms with Crippen molar-refractivity contribution in [1.29, 1.82) is 0 Å². The number of carbonyl (C=O) groups is 2. The van der Waals surface area contributed by atoms with Crippen molar-refractivity contribution < 1.29 is 14.7 Å². The Morgan fingerprint density at radius 1 is 1.53 bits per heavy atom. The molecule has 15 heavy (non-hydrogen) atoms. The molecule has 0 aromatic heterocycles. The summed E-state index contributed by atoms with van der Waals surface area (Å²) in [6.07, 6.45) is 2.94. The van der Waals surface area contributed by atoms with Gasteiger partial charge in [0.2, 0.25) is 5.91 Å². The number of carboxylic acid groups (broad SMARTS) is 1. The summed E-state index contributed by atoms with van der Waals surface area (Å²) in [6, 6.07) is -0.474. The van der Waals surface area contributed by atoms with Gasteiger partial charge in [-0.3, -0.25) is 4.79 Å². The molecule has 1 N–H and O–H groups in total. The number of hydrogen-bond donors (Lipinski definition) is 1. The first kappa shape index (κ1) is 10.5. The quantitative estimate of drug-likeness (QED) is 0.710. The maximum Gasteiger partial charge on any atom is 0.326 e. The summed E-state index contributed by atoms with van der Waals surface area (Å²) in [6.45, 7) is 4.12. The fourth-order valence-corrected chi connectivity index (χ4v) is 2.99. The lowest BCUT2D eigenvalue weighted by atomic mass is 9.80. The van der Waals surface area contributed by atoms with Crippen LogP contribution >= 0.6 is 0 Å². The molecule has 2 unspecified atom stereocenters. The van der Waals surface area contributed by atoms with E-state index in [1.807, 2.05) is 0 Å². The molecule has 4 nitrogen and oxygen atoms in total. The van der Waals surface area contributed by atoms with Crippen LogP contribution in [-0.2, 0) is 9.59 Å². The fraction of sp³-hybridized carbons (Fsp3) is 0.818. The van der Waals surface area contributed by atoms with E-state index in [1.165, 1.54) is 0 Å². The number of piperidine rings is 1. The number of amides is 1. The highest BCUT2D eigenvalue weighted by Crippen LogP contribution is 2.44. The summed E-state index contributed by atoms with van der Waals surface area (Å²) in [5, 5.41) is 9.11. The highest BCUT2D eigenvalue weighted by atomic mass is 16.4. The molecule has 1 amide bonds. The van der Waals surface area contributed by atoms with Crippen LogP contribution in [0.1, 0.15) is 39.5 Å². The third kappa shape index (κ3) is 1.52. The second-order valence-corrected chi connectivity index (χ2v) is 5.26. The highest BCUT2D eigenvalue weighted by Gasteiger charge is 2.52. The minimum Gasteiger partial charge on any atom is -0.480 e. The second-order valence-electron chi connectivity index (χ2n) is 5.26. The fourth-order valence-electron chi connectivity index (χ4n) is 2.99. The highest BCUT2D eigenvalue weighted by molar-refractivity contribution is 5.85. The van der Waals surface area contributed by atoms with E-state index in [-0.39, 0.29) is 17.4 Å². The van der Waals surface area contributed by atoms with Gasteiger partial charge in [-0.2, -0.15) is 0 Å². The Morgan fingerprint density at radius 2 is 2.20 bits per heavy atom.